The molecular weight excluding hydrogens is 279 g/mol. The van der Waals surface area contributed by atoms with E-state index < -0.39 is 0 Å². The van der Waals surface area contributed by atoms with Crippen LogP contribution in [0.4, 0.5) is 0 Å². The van der Waals surface area contributed by atoms with E-state index in [1.165, 1.54) is 5.56 Å². The molecule has 0 heterocycles. The minimum absolute atomic E-state index is 0. The van der Waals surface area contributed by atoms with Crippen LogP contribution in [0.1, 0.15) is 17.0 Å². The van der Waals surface area contributed by atoms with Crippen molar-refractivity contribution in [1.82, 2.24) is 0 Å². The topological polar surface area (TPSA) is 20.2 Å². The minimum Gasteiger partial charge on any atom is -1.00 e. The van der Waals surface area contributed by atoms with Crippen LogP contribution in [-0.2, 0) is 28.3 Å². The number of aliphatic hydroxyl groups is 1. The van der Waals surface area contributed by atoms with Gasteiger partial charge in [-0.05, 0) is 11.1 Å². The number of hydrogen-bond acceptors (Lipinski definition) is 1. The van der Waals surface area contributed by atoms with Crippen LogP contribution in [0.15, 0.2) is 48.6 Å². The second-order valence-corrected chi connectivity index (χ2v) is 3.15. The molecule has 0 radical (unpaired) electrons. The molecule has 0 saturated heterocycles. The van der Waals surface area contributed by atoms with Gasteiger partial charge < -0.3 is 29.9 Å². The molecular formula is C12H12Cl2OTi. The Morgan fingerprint density at radius 1 is 1.00 bits per heavy atom. The maximum atomic E-state index is 9.13. The SMILES string of the molecule is OCc1ccccc1C1C=CC=C1.[Cl-].[Cl-].[Ti+2]. The number of aliphatic hydroxyl groups excluding tert-OH is 1. The zero-order valence-electron chi connectivity index (χ0n) is 8.61. The first-order valence-electron chi connectivity index (χ1n) is 4.45. The molecule has 0 atom stereocenters. The van der Waals surface area contributed by atoms with E-state index in [-0.39, 0.29) is 53.1 Å². The first-order chi connectivity index (χ1) is 6.42. The third-order valence-corrected chi connectivity index (χ3v) is 2.33. The molecule has 1 aromatic rings. The van der Waals surface area contributed by atoms with E-state index in [1.807, 2.05) is 30.4 Å². The summed E-state index contributed by atoms with van der Waals surface area (Å²) in [5.74, 6) is 0.350. The summed E-state index contributed by atoms with van der Waals surface area (Å²) in [6, 6.07) is 8.00. The molecule has 1 N–H and O–H groups in total. The van der Waals surface area contributed by atoms with Gasteiger partial charge in [0, 0.05) is 5.92 Å². The van der Waals surface area contributed by atoms with E-state index in [2.05, 4.69) is 18.2 Å². The van der Waals surface area contributed by atoms with Crippen molar-refractivity contribution >= 4 is 0 Å². The van der Waals surface area contributed by atoms with Crippen molar-refractivity contribution in [2.75, 3.05) is 0 Å². The zero-order chi connectivity index (χ0) is 9.10. The monoisotopic (exact) mass is 290 g/mol. The molecule has 1 aliphatic rings. The Balaban J connectivity index is 0. The van der Waals surface area contributed by atoms with Gasteiger partial charge in [0.15, 0.2) is 0 Å². The van der Waals surface area contributed by atoms with E-state index in [0.29, 0.717) is 5.92 Å². The van der Waals surface area contributed by atoms with Crippen LogP contribution in [0.25, 0.3) is 0 Å². The fraction of sp³-hybridized carbons (Fsp3) is 0.167. The normalized spacial score (nSPS) is 12.6. The van der Waals surface area contributed by atoms with Crippen molar-refractivity contribution in [2.24, 2.45) is 0 Å². The summed E-state index contributed by atoms with van der Waals surface area (Å²) in [6.07, 6.45) is 8.35. The van der Waals surface area contributed by atoms with Gasteiger partial charge in [0.25, 0.3) is 0 Å². The summed E-state index contributed by atoms with van der Waals surface area (Å²) in [5, 5.41) is 9.13. The van der Waals surface area contributed by atoms with Gasteiger partial charge in [-0.3, -0.25) is 0 Å². The first-order valence-corrected chi connectivity index (χ1v) is 4.45. The molecule has 0 aliphatic heterocycles. The summed E-state index contributed by atoms with van der Waals surface area (Å²) in [7, 11) is 0. The Morgan fingerprint density at radius 2 is 1.56 bits per heavy atom. The van der Waals surface area contributed by atoms with Crippen LogP contribution in [0, 0.1) is 0 Å². The van der Waals surface area contributed by atoms with Crippen LogP contribution in [0.5, 0.6) is 0 Å². The molecule has 0 saturated carbocycles. The standard InChI is InChI=1S/C12H12O.2ClH.Ti/c13-9-11-7-3-4-8-12(11)10-5-1-2-6-10;;;/h1-8,10,13H,9H2;2*1H;/q;;;+2/p-2. The quantitative estimate of drug-likeness (QED) is 0.558. The number of benzene rings is 1. The van der Waals surface area contributed by atoms with Crippen LogP contribution < -0.4 is 24.8 Å². The average molecular weight is 291 g/mol. The fourth-order valence-corrected chi connectivity index (χ4v) is 1.64. The second-order valence-electron chi connectivity index (χ2n) is 3.15. The van der Waals surface area contributed by atoms with Gasteiger partial charge in [0.05, 0.1) is 6.61 Å². The van der Waals surface area contributed by atoms with Gasteiger partial charge in [-0.2, -0.15) is 0 Å². The second kappa shape index (κ2) is 9.03. The van der Waals surface area contributed by atoms with Crippen molar-refractivity contribution in [1.29, 1.82) is 0 Å². The van der Waals surface area contributed by atoms with E-state index >= 15 is 0 Å². The zero-order valence-corrected chi connectivity index (χ0v) is 11.7. The summed E-state index contributed by atoms with van der Waals surface area (Å²) in [5.41, 5.74) is 2.22. The summed E-state index contributed by atoms with van der Waals surface area (Å²) in [4.78, 5) is 0. The number of halogens is 2. The minimum atomic E-state index is 0. The molecule has 0 unspecified atom stereocenters. The van der Waals surface area contributed by atoms with Gasteiger partial charge in [0.1, 0.15) is 0 Å². The molecule has 4 heteroatoms. The van der Waals surface area contributed by atoms with E-state index in [1.54, 1.807) is 0 Å². The summed E-state index contributed by atoms with van der Waals surface area (Å²) < 4.78 is 0. The van der Waals surface area contributed by atoms with Crippen molar-refractivity contribution in [2.45, 2.75) is 12.5 Å². The molecule has 0 bridgehead atoms. The van der Waals surface area contributed by atoms with Gasteiger partial charge in [-0.1, -0.05) is 48.6 Å². The average Bonchev–Trinajstić information content (AvgIpc) is 2.70. The maximum Gasteiger partial charge on any atom is 2.00 e. The first kappa shape index (κ1) is 18.3. The van der Waals surface area contributed by atoms with Crippen molar-refractivity contribution in [3.05, 3.63) is 59.7 Å². The van der Waals surface area contributed by atoms with Gasteiger partial charge >= 0.3 is 21.7 Å². The number of hydrogen-bond donors (Lipinski definition) is 1. The van der Waals surface area contributed by atoms with Crippen molar-refractivity contribution in [3.63, 3.8) is 0 Å². The van der Waals surface area contributed by atoms with Crippen LogP contribution >= 0.6 is 0 Å². The maximum absolute atomic E-state index is 9.13. The molecule has 0 spiro atoms. The molecule has 2 rings (SSSR count). The molecule has 0 aromatic heterocycles. The summed E-state index contributed by atoms with van der Waals surface area (Å²) >= 11 is 0. The predicted molar refractivity (Wildman–Crippen MR) is 53.4 cm³/mol. The van der Waals surface area contributed by atoms with E-state index in [9.17, 15) is 0 Å². The molecule has 16 heavy (non-hydrogen) atoms. The van der Waals surface area contributed by atoms with E-state index in [4.69, 9.17) is 5.11 Å². The third-order valence-electron chi connectivity index (χ3n) is 2.33. The predicted octanol–water partition coefficient (Wildman–Crippen LogP) is -3.61. The van der Waals surface area contributed by atoms with Crippen LogP contribution in [0.2, 0.25) is 0 Å². The fourth-order valence-electron chi connectivity index (χ4n) is 1.64. The molecule has 1 aromatic carbocycles. The Labute approximate surface area is 123 Å². The summed E-state index contributed by atoms with van der Waals surface area (Å²) in [6.45, 7) is 0.119. The van der Waals surface area contributed by atoms with Crippen molar-refractivity contribution < 1.29 is 51.6 Å². The third kappa shape index (κ3) is 4.08. The van der Waals surface area contributed by atoms with Crippen LogP contribution in [-0.4, -0.2) is 5.11 Å². The number of allylic oxidation sites excluding steroid dienone is 4. The van der Waals surface area contributed by atoms with Crippen molar-refractivity contribution in [3.8, 4) is 0 Å². The molecule has 0 amide bonds. The van der Waals surface area contributed by atoms with Gasteiger partial charge in [-0.25, -0.2) is 0 Å². The molecule has 1 nitrogen and oxygen atoms in total. The van der Waals surface area contributed by atoms with Crippen LogP contribution in [0.3, 0.4) is 0 Å². The Bertz CT molecular complexity index is 352. The number of rotatable bonds is 2. The molecule has 84 valence electrons. The molecule has 0 fully saturated rings. The van der Waals surface area contributed by atoms with Gasteiger partial charge in [0.2, 0.25) is 0 Å². The Kier molecular flexibility index (Phi) is 10.3. The van der Waals surface area contributed by atoms with Gasteiger partial charge in [-0.15, -0.1) is 0 Å². The van der Waals surface area contributed by atoms with E-state index in [0.717, 1.165) is 5.56 Å². The molecule has 1 aliphatic carbocycles. The largest absolute Gasteiger partial charge is 2.00 e. The smallest absolute Gasteiger partial charge is 1.00 e. The Morgan fingerprint density at radius 3 is 2.12 bits per heavy atom. The Hall–Kier alpha value is -0.0457.